The summed E-state index contributed by atoms with van der Waals surface area (Å²) in [5, 5.41) is 0. The predicted molar refractivity (Wildman–Crippen MR) is 115 cm³/mol. The topological polar surface area (TPSA) is 8.81 Å². The number of imidazole rings is 1. The molecule has 1 heterocycles. The molecule has 1 aromatic heterocycles. The number of rotatable bonds is 18. The molecule has 2 nitrogen and oxygen atoms in total. The van der Waals surface area contributed by atoms with Gasteiger partial charge in [-0.2, -0.15) is 0 Å². The van der Waals surface area contributed by atoms with E-state index < -0.39 is 0 Å². The second kappa shape index (κ2) is 16.4. The first kappa shape index (κ1) is 23.2. The minimum atomic E-state index is 1.22. The van der Waals surface area contributed by atoms with E-state index in [1.54, 1.807) is 5.82 Å². The summed E-state index contributed by atoms with van der Waals surface area (Å²) in [5.74, 6) is 1.58. The van der Waals surface area contributed by atoms with Crippen molar-refractivity contribution < 1.29 is 4.57 Å². The Kier molecular flexibility index (Phi) is 14.7. The highest BCUT2D eigenvalue weighted by Crippen LogP contribution is 2.10. The normalized spacial score (nSPS) is 11.3. The Morgan fingerprint density at radius 1 is 0.654 bits per heavy atom. The van der Waals surface area contributed by atoms with E-state index in [4.69, 9.17) is 0 Å². The van der Waals surface area contributed by atoms with Crippen LogP contribution in [0.1, 0.15) is 123 Å². The van der Waals surface area contributed by atoms with Gasteiger partial charge in [0.05, 0.1) is 13.1 Å². The molecule has 0 radical (unpaired) electrons. The molecule has 0 N–H and O–H groups in total. The molecular formula is C24H47N2+. The summed E-state index contributed by atoms with van der Waals surface area (Å²) >= 11 is 0. The van der Waals surface area contributed by atoms with Crippen LogP contribution >= 0.6 is 0 Å². The standard InChI is InChI=1S/C24H47N2/c1-4-7-10-12-14-16-18-21-26-23-22-25(24(26)19-9-6-3)20-17-15-13-11-8-5-2/h22-23H,4-21H2,1-3H3/q+1. The van der Waals surface area contributed by atoms with Gasteiger partial charge in [0.1, 0.15) is 12.4 Å². The summed E-state index contributed by atoms with van der Waals surface area (Å²) in [4.78, 5) is 0. The number of hydrogen-bond donors (Lipinski definition) is 0. The van der Waals surface area contributed by atoms with Gasteiger partial charge in [-0.3, -0.25) is 0 Å². The highest BCUT2D eigenvalue weighted by atomic mass is 15.1. The van der Waals surface area contributed by atoms with E-state index in [1.807, 2.05) is 0 Å². The molecule has 0 unspecified atom stereocenters. The fourth-order valence-electron chi connectivity index (χ4n) is 3.83. The Balaban J connectivity index is 2.35. The molecule has 0 atom stereocenters. The lowest BCUT2D eigenvalue weighted by Crippen LogP contribution is -2.37. The quantitative estimate of drug-likeness (QED) is 0.192. The first-order valence-corrected chi connectivity index (χ1v) is 11.9. The average Bonchev–Trinajstić information content (AvgIpc) is 3.03. The summed E-state index contributed by atoms with van der Waals surface area (Å²) in [5.41, 5.74) is 0. The second-order valence-electron chi connectivity index (χ2n) is 8.09. The first-order chi connectivity index (χ1) is 12.8. The molecule has 26 heavy (non-hydrogen) atoms. The van der Waals surface area contributed by atoms with Crippen LogP contribution in [0.15, 0.2) is 12.4 Å². The SMILES string of the molecule is CCCCCCCCC[n+]1ccn(CCCCCCCC)c1CCCC. The molecule has 0 aromatic carbocycles. The summed E-state index contributed by atoms with van der Waals surface area (Å²) < 4.78 is 5.11. The van der Waals surface area contributed by atoms with E-state index in [2.05, 4.69) is 42.3 Å². The molecule has 0 fully saturated rings. The molecule has 2 heteroatoms. The van der Waals surface area contributed by atoms with Crippen molar-refractivity contribution >= 4 is 0 Å². The number of aromatic nitrogens is 2. The number of unbranched alkanes of at least 4 members (excludes halogenated alkanes) is 12. The Bertz CT molecular complexity index is 422. The van der Waals surface area contributed by atoms with E-state index >= 15 is 0 Å². The van der Waals surface area contributed by atoms with Crippen molar-refractivity contribution in [3.63, 3.8) is 0 Å². The molecule has 0 aliphatic carbocycles. The maximum Gasteiger partial charge on any atom is 0.256 e. The van der Waals surface area contributed by atoms with Crippen LogP contribution in [0.25, 0.3) is 0 Å². The molecular weight excluding hydrogens is 316 g/mol. The van der Waals surface area contributed by atoms with E-state index in [1.165, 1.54) is 116 Å². The van der Waals surface area contributed by atoms with Crippen LogP contribution < -0.4 is 4.57 Å². The van der Waals surface area contributed by atoms with E-state index in [9.17, 15) is 0 Å². The molecule has 0 saturated heterocycles. The van der Waals surface area contributed by atoms with Gasteiger partial charge < -0.3 is 0 Å². The van der Waals surface area contributed by atoms with Crippen LogP contribution in [0.2, 0.25) is 0 Å². The average molecular weight is 364 g/mol. The molecule has 1 aromatic rings. The van der Waals surface area contributed by atoms with Crippen LogP contribution in [0.5, 0.6) is 0 Å². The van der Waals surface area contributed by atoms with Gasteiger partial charge in [-0.15, -0.1) is 0 Å². The predicted octanol–water partition coefficient (Wildman–Crippen LogP) is 7.23. The maximum absolute atomic E-state index is 2.55. The summed E-state index contributed by atoms with van der Waals surface area (Å²) in [6, 6.07) is 0. The van der Waals surface area contributed by atoms with Gasteiger partial charge in [0.15, 0.2) is 0 Å². The Hall–Kier alpha value is -0.790. The lowest BCUT2D eigenvalue weighted by atomic mass is 10.1. The minimum absolute atomic E-state index is 1.22. The summed E-state index contributed by atoms with van der Waals surface area (Å²) in [6.07, 6.45) is 26.7. The minimum Gasteiger partial charge on any atom is -0.234 e. The van der Waals surface area contributed by atoms with Crippen LogP contribution in [0.3, 0.4) is 0 Å². The molecule has 0 spiro atoms. The largest absolute Gasteiger partial charge is 0.256 e. The first-order valence-electron chi connectivity index (χ1n) is 11.9. The third-order valence-electron chi connectivity index (χ3n) is 5.60. The van der Waals surface area contributed by atoms with Crippen molar-refractivity contribution in [1.82, 2.24) is 4.57 Å². The molecule has 152 valence electrons. The van der Waals surface area contributed by atoms with Gasteiger partial charge >= 0.3 is 0 Å². The van der Waals surface area contributed by atoms with Crippen molar-refractivity contribution in [2.24, 2.45) is 0 Å². The zero-order valence-corrected chi connectivity index (χ0v) is 18.3. The fraction of sp³-hybridized carbons (Fsp3) is 0.875. The zero-order chi connectivity index (χ0) is 18.9. The Morgan fingerprint density at radius 3 is 1.81 bits per heavy atom. The molecule has 0 amide bonds. The highest BCUT2D eigenvalue weighted by molar-refractivity contribution is 4.84. The van der Waals surface area contributed by atoms with Gasteiger partial charge in [0.2, 0.25) is 0 Å². The third-order valence-corrected chi connectivity index (χ3v) is 5.60. The summed E-state index contributed by atoms with van der Waals surface area (Å²) in [6.45, 7) is 9.33. The molecule has 0 aliphatic rings. The number of hydrogen-bond acceptors (Lipinski definition) is 0. The Labute approximate surface area is 164 Å². The van der Waals surface area contributed by atoms with Gasteiger partial charge in [-0.1, -0.05) is 85.0 Å². The monoisotopic (exact) mass is 363 g/mol. The lowest BCUT2D eigenvalue weighted by Gasteiger charge is -2.06. The second-order valence-corrected chi connectivity index (χ2v) is 8.09. The van der Waals surface area contributed by atoms with Crippen LogP contribution in [-0.2, 0) is 19.5 Å². The van der Waals surface area contributed by atoms with Crippen LogP contribution in [0.4, 0.5) is 0 Å². The van der Waals surface area contributed by atoms with Crippen LogP contribution in [-0.4, -0.2) is 4.57 Å². The third kappa shape index (κ3) is 10.4. The van der Waals surface area contributed by atoms with E-state index in [-0.39, 0.29) is 0 Å². The number of nitrogens with zero attached hydrogens (tertiary/aromatic N) is 2. The zero-order valence-electron chi connectivity index (χ0n) is 18.3. The summed E-state index contributed by atoms with van der Waals surface area (Å²) in [7, 11) is 0. The van der Waals surface area contributed by atoms with Crippen molar-refractivity contribution in [2.75, 3.05) is 0 Å². The molecule has 0 aliphatic heterocycles. The van der Waals surface area contributed by atoms with Gasteiger partial charge in [0, 0.05) is 6.42 Å². The molecule has 1 rings (SSSR count). The smallest absolute Gasteiger partial charge is 0.234 e. The fourth-order valence-corrected chi connectivity index (χ4v) is 3.83. The van der Waals surface area contributed by atoms with Crippen molar-refractivity contribution in [2.45, 2.75) is 137 Å². The maximum atomic E-state index is 2.55. The van der Waals surface area contributed by atoms with Crippen molar-refractivity contribution in [3.05, 3.63) is 18.2 Å². The van der Waals surface area contributed by atoms with Crippen molar-refractivity contribution in [3.8, 4) is 0 Å². The van der Waals surface area contributed by atoms with Gasteiger partial charge in [-0.25, -0.2) is 9.13 Å². The highest BCUT2D eigenvalue weighted by Gasteiger charge is 2.15. The van der Waals surface area contributed by atoms with Crippen molar-refractivity contribution in [1.29, 1.82) is 0 Å². The van der Waals surface area contributed by atoms with Gasteiger partial charge in [0.25, 0.3) is 5.82 Å². The lowest BCUT2D eigenvalue weighted by molar-refractivity contribution is -0.704. The Morgan fingerprint density at radius 2 is 1.19 bits per heavy atom. The van der Waals surface area contributed by atoms with E-state index in [0.717, 1.165) is 0 Å². The van der Waals surface area contributed by atoms with E-state index in [0.29, 0.717) is 0 Å². The van der Waals surface area contributed by atoms with Gasteiger partial charge in [-0.05, 0) is 32.1 Å². The number of aryl methyl sites for hydroxylation is 2. The van der Waals surface area contributed by atoms with Crippen LogP contribution in [0, 0.1) is 0 Å². The molecule has 0 saturated carbocycles. The molecule has 0 bridgehead atoms.